The molecule has 6 heterocycles. The van der Waals surface area contributed by atoms with E-state index < -0.39 is 29.0 Å². The molecule has 18 heteroatoms. The average molecular weight is 729 g/mol. The molecule has 0 bridgehead atoms. The van der Waals surface area contributed by atoms with Gasteiger partial charge in [-0.25, -0.2) is 4.98 Å². The maximum absolute atomic E-state index is 14.2. The molecule has 51 heavy (non-hydrogen) atoms. The molecular weight excluding hydrogens is 697 g/mol. The molecule has 0 aliphatic carbocycles. The number of rotatable bonds is 7. The van der Waals surface area contributed by atoms with E-state index in [4.69, 9.17) is 21.1 Å². The molecule has 0 radical (unpaired) electrons. The molecule has 0 atom stereocenters. The summed E-state index contributed by atoms with van der Waals surface area (Å²) in [4.78, 5) is 50.0. The molecule has 14 nitrogen and oxygen atoms in total. The molecule has 7 rings (SSSR count). The number of halogens is 4. The van der Waals surface area contributed by atoms with Crippen molar-refractivity contribution in [3.8, 4) is 11.5 Å². The fourth-order valence-electron chi connectivity index (χ4n) is 6.50. The summed E-state index contributed by atoms with van der Waals surface area (Å²) in [5, 5.41) is 22.1. The van der Waals surface area contributed by atoms with Crippen LogP contribution in [-0.2, 0) is 35.1 Å². The first-order chi connectivity index (χ1) is 24.4. The van der Waals surface area contributed by atoms with Gasteiger partial charge in [0.05, 0.1) is 41.8 Å². The first kappa shape index (κ1) is 34.3. The summed E-state index contributed by atoms with van der Waals surface area (Å²) in [7, 11) is 0. The van der Waals surface area contributed by atoms with Crippen LogP contribution >= 0.6 is 11.6 Å². The Morgan fingerprint density at radius 1 is 1.10 bits per heavy atom. The standard InChI is InChI=1S/C33H32ClF3N8O6/c1-2-23-27(42-8-10-43(11-9-42)32(49)26-29(48)30-18(16-38-26)5-14-51-30)28(47)25-31(41-45(40-25)20-6-12-50-13-7-20)44(23)17-24(46)39-22-4-3-19(15-21(22)34)33(35,36)37/h3-4,6,15-16,48H,2,5,7-14,17H2,1H3,(H,39,46). The van der Waals surface area contributed by atoms with E-state index in [-0.39, 0.29) is 77.5 Å². The number of nitrogens with one attached hydrogen (secondary N) is 1. The number of hydrogen-bond acceptors (Lipinski definition) is 10. The lowest BCUT2D eigenvalue weighted by Crippen LogP contribution is -2.50. The van der Waals surface area contributed by atoms with Gasteiger partial charge in [0.1, 0.15) is 12.2 Å². The minimum Gasteiger partial charge on any atom is -0.503 e. The van der Waals surface area contributed by atoms with Crippen molar-refractivity contribution in [3.05, 3.63) is 68.2 Å². The Morgan fingerprint density at radius 2 is 1.88 bits per heavy atom. The Hall–Kier alpha value is -5.16. The van der Waals surface area contributed by atoms with E-state index in [0.717, 1.165) is 23.8 Å². The molecule has 0 saturated carbocycles. The first-order valence-corrected chi connectivity index (χ1v) is 16.7. The van der Waals surface area contributed by atoms with Gasteiger partial charge in [-0.15, -0.1) is 10.2 Å². The van der Waals surface area contributed by atoms with Crippen molar-refractivity contribution in [1.82, 2.24) is 29.4 Å². The zero-order valence-electron chi connectivity index (χ0n) is 27.3. The van der Waals surface area contributed by atoms with Crippen LogP contribution in [0.1, 0.15) is 40.7 Å². The highest BCUT2D eigenvalue weighted by Gasteiger charge is 2.33. The highest BCUT2D eigenvalue weighted by atomic mass is 35.5. The van der Waals surface area contributed by atoms with Crippen molar-refractivity contribution in [2.45, 2.75) is 38.9 Å². The third-order valence-corrected chi connectivity index (χ3v) is 9.38. The number of ether oxygens (including phenoxy) is 2. The third-order valence-electron chi connectivity index (χ3n) is 9.07. The van der Waals surface area contributed by atoms with Gasteiger partial charge in [0, 0.05) is 56.5 Å². The molecule has 0 unspecified atom stereocenters. The summed E-state index contributed by atoms with van der Waals surface area (Å²) in [6, 6.07) is 2.63. The lowest BCUT2D eigenvalue weighted by Gasteiger charge is -2.36. The first-order valence-electron chi connectivity index (χ1n) is 16.3. The number of carbonyl (C=O) groups is 2. The van der Waals surface area contributed by atoms with Crippen LogP contribution in [0.2, 0.25) is 5.02 Å². The number of aromatic hydroxyl groups is 1. The Balaban J connectivity index is 1.21. The lowest BCUT2D eigenvalue weighted by molar-refractivity contribution is -0.137. The summed E-state index contributed by atoms with van der Waals surface area (Å²) < 4.78 is 52.1. The van der Waals surface area contributed by atoms with Crippen molar-refractivity contribution in [2.24, 2.45) is 0 Å². The highest BCUT2D eigenvalue weighted by Crippen LogP contribution is 2.37. The molecule has 3 aliphatic heterocycles. The van der Waals surface area contributed by atoms with Crippen molar-refractivity contribution < 1.29 is 37.3 Å². The van der Waals surface area contributed by atoms with Gasteiger partial charge in [-0.1, -0.05) is 18.5 Å². The predicted octanol–water partition coefficient (Wildman–Crippen LogP) is 3.73. The number of pyridine rings is 2. The van der Waals surface area contributed by atoms with Gasteiger partial charge in [-0.05, 0) is 30.7 Å². The Morgan fingerprint density at radius 3 is 2.57 bits per heavy atom. The zero-order valence-corrected chi connectivity index (χ0v) is 28.1. The van der Waals surface area contributed by atoms with Gasteiger partial charge < -0.3 is 34.3 Å². The smallest absolute Gasteiger partial charge is 0.416 e. The number of aromatic nitrogens is 5. The van der Waals surface area contributed by atoms with Gasteiger partial charge in [0.25, 0.3) is 5.91 Å². The van der Waals surface area contributed by atoms with Crippen molar-refractivity contribution in [3.63, 3.8) is 0 Å². The van der Waals surface area contributed by atoms with Gasteiger partial charge in [-0.3, -0.25) is 14.4 Å². The van der Waals surface area contributed by atoms with E-state index in [1.807, 2.05) is 11.8 Å². The second-order valence-electron chi connectivity index (χ2n) is 12.2. The Bertz CT molecular complexity index is 2140. The topological polar surface area (TPSA) is 157 Å². The lowest BCUT2D eigenvalue weighted by atomic mass is 10.1. The molecule has 1 saturated heterocycles. The van der Waals surface area contributed by atoms with Crippen LogP contribution < -0.4 is 20.4 Å². The van der Waals surface area contributed by atoms with Crippen LogP contribution in [0.15, 0.2) is 35.3 Å². The number of piperazine rings is 1. The van der Waals surface area contributed by atoms with E-state index in [2.05, 4.69) is 20.5 Å². The molecule has 0 spiro atoms. The molecule has 3 aromatic heterocycles. The van der Waals surface area contributed by atoms with E-state index in [1.54, 1.807) is 10.6 Å². The number of alkyl halides is 3. The fraction of sp³-hybridized carbons (Fsp3) is 0.394. The Kier molecular flexibility index (Phi) is 9.09. The molecule has 1 aromatic carbocycles. The minimum absolute atomic E-state index is 0.0146. The highest BCUT2D eigenvalue weighted by molar-refractivity contribution is 6.33. The van der Waals surface area contributed by atoms with Crippen LogP contribution in [0.4, 0.5) is 24.5 Å². The van der Waals surface area contributed by atoms with E-state index in [0.29, 0.717) is 50.5 Å². The molecule has 3 aliphatic rings. The average Bonchev–Trinajstić information content (AvgIpc) is 3.79. The van der Waals surface area contributed by atoms with Gasteiger partial charge in [0.2, 0.25) is 11.3 Å². The quantitative estimate of drug-likeness (QED) is 0.288. The van der Waals surface area contributed by atoms with Crippen LogP contribution in [0, 0.1) is 0 Å². The molecule has 2 N–H and O–H groups in total. The van der Waals surface area contributed by atoms with Crippen LogP contribution in [0.5, 0.6) is 11.5 Å². The molecule has 268 valence electrons. The van der Waals surface area contributed by atoms with Crippen LogP contribution in [0.25, 0.3) is 16.9 Å². The molecule has 1 fully saturated rings. The second kappa shape index (κ2) is 13.5. The number of hydrogen-bond donors (Lipinski definition) is 2. The van der Waals surface area contributed by atoms with E-state index >= 15 is 0 Å². The maximum atomic E-state index is 14.2. The zero-order chi connectivity index (χ0) is 36.0. The SMILES string of the molecule is CCc1c(N2CCN(C(=O)c3ncc4c(c3O)OCC4)CC2)c(=O)c2nn(C3=CCOCC3)nc2n1CC(=O)Nc1ccc(C(F)(F)F)cc1Cl. The number of nitrogens with zero attached hydrogens (tertiary/aromatic N) is 7. The largest absolute Gasteiger partial charge is 0.503 e. The van der Waals surface area contributed by atoms with Crippen molar-refractivity contribution >= 4 is 51.7 Å². The summed E-state index contributed by atoms with van der Waals surface area (Å²) in [5.74, 6) is -1.12. The van der Waals surface area contributed by atoms with Crippen LogP contribution in [0.3, 0.4) is 0 Å². The minimum atomic E-state index is -4.61. The summed E-state index contributed by atoms with van der Waals surface area (Å²) >= 11 is 6.12. The van der Waals surface area contributed by atoms with Crippen molar-refractivity contribution in [2.75, 3.05) is 56.2 Å². The number of amides is 2. The van der Waals surface area contributed by atoms with E-state index in [9.17, 15) is 32.7 Å². The van der Waals surface area contributed by atoms with Crippen LogP contribution in [-0.4, -0.2) is 92.4 Å². The summed E-state index contributed by atoms with van der Waals surface area (Å²) in [6.07, 6.45) is 0.0987. The molecular formula is C33H32ClF3N8O6. The molecule has 2 amide bonds. The van der Waals surface area contributed by atoms with Gasteiger partial charge in [-0.2, -0.15) is 18.0 Å². The monoisotopic (exact) mass is 728 g/mol. The number of anilines is 2. The van der Waals surface area contributed by atoms with Gasteiger partial charge >= 0.3 is 6.18 Å². The normalized spacial score (nSPS) is 16.2. The second-order valence-corrected chi connectivity index (χ2v) is 12.6. The Labute approximate surface area is 293 Å². The van der Waals surface area contributed by atoms with E-state index in [1.165, 1.54) is 15.9 Å². The predicted molar refractivity (Wildman–Crippen MR) is 179 cm³/mol. The number of carbonyl (C=O) groups excluding carboxylic acids is 2. The maximum Gasteiger partial charge on any atom is 0.416 e. The number of benzene rings is 1. The number of fused-ring (bicyclic) bond motifs is 2. The summed E-state index contributed by atoms with van der Waals surface area (Å²) in [6.45, 7) is 3.51. The third kappa shape index (κ3) is 6.46. The molecule has 4 aromatic rings. The summed E-state index contributed by atoms with van der Waals surface area (Å²) in [5.41, 5.74) is 0.883. The van der Waals surface area contributed by atoms with Gasteiger partial charge in [0.15, 0.2) is 28.4 Å². The fourth-order valence-corrected chi connectivity index (χ4v) is 6.73. The van der Waals surface area contributed by atoms with Crippen molar-refractivity contribution in [1.29, 1.82) is 0 Å².